The Bertz CT molecular complexity index is 783. The van der Waals surface area contributed by atoms with E-state index in [1.165, 1.54) is 17.7 Å². The standard InChI is InChI=1S/C24H33N3O/c1-5-27(6-2)24(28)19-11-13-20(14-12-19)25-23-10-8-7-9-22(23)21-15-16-26(4)17-18(21)3/h7-14,18,21,25H,5-6,15-17H2,1-4H3. The summed E-state index contributed by atoms with van der Waals surface area (Å²) in [6.07, 6.45) is 1.19. The maximum atomic E-state index is 12.5. The number of rotatable bonds is 6. The van der Waals surface area contributed by atoms with Gasteiger partial charge < -0.3 is 15.1 Å². The summed E-state index contributed by atoms with van der Waals surface area (Å²) in [4.78, 5) is 16.8. The Morgan fingerprint density at radius 1 is 1.11 bits per heavy atom. The van der Waals surface area contributed by atoms with Crippen molar-refractivity contribution in [2.45, 2.75) is 33.1 Å². The van der Waals surface area contributed by atoms with Crippen LogP contribution >= 0.6 is 0 Å². The highest BCUT2D eigenvalue weighted by Gasteiger charge is 2.27. The Morgan fingerprint density at radius 3 is 2.43 bits per heavy atom. The smallest absolute Gasteiger partial charge is 0.253 e. The van der Waals surface area contributed by atoms with Crippen LogP contribution in [0.15, 0.2) is 48.5 Å². The predicted octanol–water partition coefficient (Wildman–Crippen LogP) is 4.97. The van der Waals surface area contributed by atoms with Crippen molar-refractivity contribution in [3.63, 3.8) is 0 Å². The number of benzene rings is 2. The third-order valence-corrected chi connectivity index (χ3v) is 5.93. The summed E-state index contributed by atoms with van der Waals surface area (Å²) in [6, 6.07) is 16.5. The van der Waals surface area contributed by atoms with Crippen LogP contribution in [0.1, 0.15) is 49.0 Å². The second-order valence-corrected chi connectivity index (χ2v) is 7.90. The molecule has 0 radical (unpaired) electrons. The lowest BCUT2D eigenvalue weighted by molar-refractivity contribution is 0.0773. The molecule has 4 nitrogen and oxygen atoms in total. The maximum absolute atomic E-state index is 12.5. The highest BCUT2D eigenvalue weighted by atomic mass is 16.2. The summed E-state index contributed by atoms with van der Waals surface area (Å²) in [5.41, 5.74) is 4.33. The molecule has 150 valence electrons. The number of para-hydroxylation sites is 1. The fourth-order valence-electron chi connectivity index (χ4n) is 4.30. The monoisotopic (exact) mass is 379 g/mol. The number of likely N-dealkylation sites (tertiary alicyclic amines) is 1. The lowest BCUT2D eigenvalue weighted by atomic mass is 9.81. The topological polar surface area (TPSA) is 35.6 Å². The van der Waals surface area contributed by atoms with E-state index < -0.39 is 0 Å². The molecule has 1 fully saturated rings. The molecule has 2 atom stereocenters. The van der Waals surface area contributed by atoms with Crippen molar-refractivity contribution < 1.29 is 4.79 Å². The Morgan fingerprint density at radius 2 is 1.79 bits per heavy atom. The molecule has 1 saturated heterocycles. The van der Waals surface area contributed by atoms with Gasteiger partial charge in [0.2, 0.25) is 0 Å². The molecule has 3 rings (SSSR count). The molecule has 0 aliphatic carbocycles. The Hall–Kier alpha value is -2.33. The lowest BCUT2D eigenvalue weighted by Gasteiger charge is -2.36. The summed E-state index contributed by atoms with van der Waals surface area (Å²) in [5.74, 6) is 1.30. The Balaban J connectivity index is 1.77. The molecule has 1 aliphatic heterocycles. The average Bonchev–Trinajstić information content (AvgIpc) is 2.70. The van der Waals surface area contributed by atoms with E-state index >= 15 is 0 Å². The Kier molecular flexibility index (Phi) is 6.74. The van der Waals surface area contributed by atoms with Crippen molar-refractivity contribution in [1.82, 2.24) is 9.80 Å². The molecular formula is C24H33N3O. The van der Waals surface area contributed by atoms with Gasteiger partial charge in [-0.15, -0.1) is 0 Å². The van der Waals surface area contributed by atoms with Crippen LogP contribution in [-0.4, -0.2) is 48.9 Å². The maximum Gasteiger partial charge on any atom is 0.253 e. The van der Waals surface area contributed by atoms with Crippen molar-refractivity contribution in [1.29, 1.82) is 0 Å². The normalized spacial score (nSPS) is 20.0. The van der Waals surface area contributed by atoms with E-state index in [-0.39, 0.29) is 5.91 Å². The largest absolute Gasteiger partial charge is 0.355 e. The number of anilines is 2. The fraction of sp³-hybridized carbons (Fsp3) is 0.458. The van der Waals surface area contributed by atoms with Gasteiger partial charge in [-0.2, -0.15) is 0 Å². The minimum Gasteiger partial charge on any atom is -0.355 e. The van der Waals surface area contributed by atoms with Gasteiger partial charge >= 0.3 is 0 Å². The van der Waals surface area contributed by atoms with Gasteiger partial charge in [0.1, 0.15) is 0 Å². The molecule has 2 aromatic carbocycles. The number of nitrogens with zero attached hydrogens (tertiary/aromatic N) is 2. The molecule has 1 N–H and O–H groups in total. The number of hydrogen-bond donors (Lipinski definition) is 1. The zero-order valence-corrected chi connectivity index (χ0v) is 17.6. The van der Waals surface area contributed by atoms with Gasteiger partial charge in [0.15, 0.2) is 0 Å². The first kappa shape index (κ1) is 20.4. The van der Waals surface area contributed by atoms with Crippen molar-refractivity contribution in [3.05, 3.63) is 59.7 Å². The fourth-order valence-corrected chi connectivity index (χ4v) is 4.30. The molecule has 2 unspecified atom stereocenters. The Labute approximate surface area is 169 Å². The van der Waals surface area contributed by atoms with Crippen molar-refractivity contribution in [3.8, 4) is 0 Å². The number of amides is 1. The van der Waals surface area contributed by atoms with Gasteiger partial charge in [-0.25, -0.2) is 0 Å². The average molecular weight is 380 g/mol. The zero-order chi connectivity index (χ0) is 20.1. The molecule has 4 heteroatoms. The van der Waals surface area contributed by atoms with Crippen molar-refractivity contribution in [2.24, 2.45) is 5.92 Å². The second-order valence-electron chi connectivity index (χ2n) is 7.90. The quantitative estimate of drug-likeness (QED) is 0.770. The summed E-state index contributed by atoms with van der Waals surface area (Å²) >= 11 is 0. The van der Waals surface area contributed by atoms with E-state index in [0.717, 1.165) is 37.4 Å². The van der Waals surface area contributed by atoms with Crippen LogP contribution < -0.4 is 5.32 Å². The van der Waals surface area contributed by atoms with E-state index in [2.05, 4.69) is 48.5 Å². The molecule has 0 bridgehead atoms. The highest BCUT2D eigenvalue weighted by Crippen LogP contribution is 2.37. The predicted molar refractivity (Wildman–Crippen MR) is 117 cm³/mol. The number of carbonyl (C=O) groups excluding carboxylic acids is 1. The molecule has 1 heterocycles. The van der Waals surface area contributed by atoms with E-state index in [0.29, 0.717) is 11.8 Å². The van der Waals surface area contributed by atoms with Crippen molar-refractivity contribution >= 4 is 17.3 Å². The molecule has 1 aliphatic rings. The van der Waals surface area contributed by atoms with E-state index in [1.54, 1.807) is 0 Å². The summed E-state index contributed by atoms with van der Waals surface area (Å²) in [7, 11) is 2.21. The highest BCUT2D eigenvalue weighted by molar-refractivity contribution is 5.94. The third kappa shape index (κ3) is 4.56. The van der Waals surface area contributed by atoms with Crippen LogP contribution in [0.2, 0.25) is 0 Å². The first-order valence-electron chi connectivity index (χ1n) is 10.5. The number of carbonyl (C=O) groups is 1. The van der Waals surface area contributed by atoms with E-state index in [4.69, 9.17) is 0 Å². The van der Waals surface area contributed by atoms with Gasteiger partial charge in [0.25, 0.3) is 5.91 Å². The number of nitrogens with one attached hydrogen (secondary N) is 1. The van der Waals surface area contributed by atoms with Gasteiger partial charge in [-0.3, -0.25) is 4.79 Å². The van der Waals surface area contributed by atoms with Gasteiger partial charge in [0.05, 0.1) is 0 Å². The minimum absolute atomic E-state index is 0.0945. The molecule has 0 saturated carbocycles. The summed E-state index contributed by atoms with van der Waals surface area (Å²) in [6.45, 7) is 10.1. The van der Waals surface area contributed by atoms with Gasteiger partial charge in [0, 0.05) is 36.6 Å². The molecule has 0 spiro atoms. The molecule has 28 heavy (non-hydrogen) atoms. The molecular weight excluding hydrogens is 346 g/mol. The third-order valence-electron chi connectivity index (χ3n) is 5.93. The van der Waals surface area contributed by atoms with Gasteiger partial charge in [-0.05, 0) is 81.6 Å². The van der Waals surface area contributed by atoms with Crippen LogP contribution in [0, 0.1) is 5.92 Å². The summed E-state index contributed by atoms with van der Waals surface area (Å²) in [5, 5.41) is 3.59. The first-order chi connectivity index (χ1) is 13.5. The molecule has 1 amide bonds. The van der Waals surface area contributed by atoms with E-state index in [9.17, 15) is 4.79 Å². The van der Waals surface area contributed by atoms with Crippen LogP contribution in [0.4, 0.5) is 11.4 Å². The second kappa shape index (κ2) is 9.24. The van der Waals surface area contributed by atoms with Crippen LogP contribution in [-0.2, 0) is 0 Å². The summed E-state index contributed by atoms with van der Waals surface area (Å²) < 4.78 is 0. The van der Waals surface area contributed by atoms with Gasteiger partial charge in [-0.1, -0.05) is 25.1 Å². The van der Waals surface area contributed by atoms with E-state index in [1.807, 2.05) is 43.0 Å². The lowest BCUT2D eigenvalue weighted by Crippen LogP contribution is -2.35. The molecule has 2 aromatic rings. The number of hydrogen-bond acceptors (Lipinski definition) is 3. The molecule has 0 aromatic heterocycles. The van der Waals surface area contributed by atoms with Crippen LogP contribution in [0.3, 0.4) is 0 Å². The SMILES string of the molecule is CCN(CC)C(=O)c1ccc(Nc2ccccc2C2CCN(C)CC2C)cc1. The number of piperidine rings is 1. The van der Waals surface area contributed by atoms with Crippen LogP contribution in [0.5, 0.6) is 0 Å². The van der Waals surface area contributed by atoms with Crippen LogP contribution in [0.25, 0.3) is 0 Å². The minimum atomic E-state index is 0.0945. The first-order valence-corrected chi connectivity index (χ1v) is 10.5. The van der Waals surface area contributed by atoms with Crippen molar-refractivity contribution in [2.75, 3.05) is 38.5 Å². The zero-order valence-electron chi connectivity index (χ0n) is 17.6.